The average molecular weight is 293 g/mol. The van der Waals surface area contributed by atoms with Crippen LogP contribution in [0.3, 0.4) is 0 Å². The molecule has 1 N–H and O–H groups in total. The molecule has 1 fully saturated rings. The van der Waals surface area contributed by atoms with Crippen molar-refractivity contribution in [2.45, 2.75) is 6.92 Å². The van der Waals surface area contributed by atoms with E-state index in [9.17, 15) is 0 Å². The van der Waals surface area contributed by atoms with Crippen LogP contribution >= 0.6 is 0 Å². The predicted octanol–water partition coefficient (Wildman–Crippen LogP) is 3.08. The van der Waals surface area contributed by atoms with Crippen molar-refractivity contribution < 1.29 is 4.74 Å². The van der Waals surface area contributed by atoms with Crippen LogP contribution in [0.5, 0.6) is 11.5 Å². The number of para-hydroxylation sites is 2. The molecule has 0 aliphatic carbocycles. The molecule has 2 aliphatic rings. The van der Waals surface area contributed by atoms with Crippen LogP contribution < -0.4 is 10.1 Å². The number of fused-ring (bicyclic) bond motifs is 2. The molecule has 2 heterocycles. The Balaban J connectivity index is 1.88. The number of rotatable bonds is 0. The van der Waals surface area contributed by atoms with Crippen LogP contribution in [0.15, 0.2) is 47.5 Å². The van der Waals surface area contributed by atoms with Gasteiger partial charge in [0.15, 0.2) is 5.75 Å². The highest BCUT2D eigenvalue weighted by Crippen LogP contribution is 2.38. The molecule has 2 aliphatic heterocycles. The number of aliphatic imine (C=N–C) groups is 1. The number of amidine groups is 1. The van der Waals surface area contributed by atoms with Gasteiger partial charge >= 0.3 is 0 Å². The molecule has 0 radical (unpaired) electrons. The fraction of sp³-hybridized carbons (Fsp3) is 0.278. The molecule has 0 spiro atoms. The smallest absolute Gasteiger partial charge is 0.153 e. The van der Waals surface area contributed by atoms with E-state index in [1.54, 1.807) is 0 Å². The molecule has 2 aromatic rings. The largest absolute Gasteiger partial charge is 0.454 e. The lowest BCUT2D eigenvalue weighted by atomic mass is 10.1. The first kappa shape index (κ1) is 13.3. The van der Waals surface area contributed by atoms with E-state index in [0.717, 1.165) is 54.8 Å². The summed E-state index contributed by atoms with van der Waals surface area (Å²) in [4.78, 5) is 7.28. The molecular weight excluding hydrogens is 274 g/mol. The number of hydrogen-bond acceptors (Lipinski definition) is 4. The van der Waals surface area contributed by atoms with Crippen molar-refractivity contribution >= 4 is 11.5 Å². The Labute approximate surface area is 130 Å². The Hall–Kier alpha value is -2.33. The fourth-order valence-corrected chi connectivity index (χ4v) is 2.95. The predicted molar refractivity (Wildman–Crippen MR) is 88.3 cm³/mol. The first-order valence-corrected chi connectivity index (χ1v) is 7.73. The van der Waals surface area contributed by atoms with Gasteiger partial charge in [-0.3, -0.25) is 0 Å². The third-order valence-electron chi connectivity index (χ3n) is 4.10. The maximum absolute atomic E-state index is 6.12. The highest BCUT2D eigenvalue weighted by molar-refractivity contribution is 6.04. The number of aryl methyl sites for hydroxylation is 1. The Morgan fingerprint density at radius 2 is 1.86 bits per heavy atom. The van der Waals surface area contributed by atoms with Gasteiger partial charge in [-0.25, -0.2) is 4.99 Å². The molecule has 4 heteroatoms. The number of piperazine rings is 1. The summed E-state index contributed by atoms with van der Waals surface area (Å²) < 4.78 is 6.12. The second-order valence-corrected chi connectivity index (χ2v) is 5.74. The van der Waals surface area contributed by atoms with Gasteiger partial charge in [-0.2, -0.15) is 0 Å². The van der Waals surface area contributed by atoms with Crippen LogP contribution in [0, 0.1) is 6.92 Å². The Morgan fingerprint density at radius 1 is 1.05 bits per heavy atom. The van der Waals surface area contributed by atoms with Gasteiger partial charge in [0.05, 0.1) is 5.56 Å². The summed E-state index contributed by atoms with van der Waals surface area (Å²) in [6.45, 7) is 6.02. The van der Waals surface area contributed by atoms with E-state index in [2.05, 4.69) is 29.3 Å². The fourth-order valence-electron chi connectivity index (χ4n) is 2.95. The van der Waals surface area contributed by atoms with E-state index in [4.69, 9.17) is 9.73 Å². The number of ether oxygens (including phenoxy) is 1. The third kappa shape index (κ3) is 2.35. The van der Waals surface area contributed by atoms with E-state index < -0.39 is 0 Å². The zero-order valence-corrected chi connectivity index (χ0v) is 12.7. The van der Waals surface area contributed by atoms with Crippen molar-refractivity contribution in [3.63, 3.8) is 0 Å². The van der Waals surface area contributed by atoms with Crippen molar-refractivity contribution in [3.8, 4) is 11.5 Å². The van der Waals surface area contributed by atoms with Crippen molar-refractivity contribution in [3.05, 3.63) is 53.6 Å². The Morgan fingerprint density at radius 3 is 2.73 bits per heavy atom. The maximum Gasteiger partial charge on any atom is 0.153 e. The molecule has 1 saturated heterocycles. The van der Waals surface area contributed by atoms with E-state index in [0.29, 0.717) is 0 Å². The van der Waals surface area contributed by atoms with Crippen LogP contribution in [0.25, 0.3) is 0 Å². The number of hydrogen-bond donors (Lipinski definition) is 1. The number of nitrogens with zero attached hydrogens (tertiary/aromatic N) is 2. The SMILES string of the molecule is Cc1ccc2c(c1)C(N1CCNCC1)=Nc1ccccc1O2. The summed E-state index contributed by atoms with van der Waals surface area (Å²) in [5, 5.41) is 3.40. The highest BCUT2D eigenvalue weighted by atomic mass is 16.5. The number of benzene rings is 2. The van der Waals surface area contributed by atoms with Crippen LogP contribution in [0.1, 0.15) is 11.1 Å². The highest BCUT2D eigenvalue weighted by Gasteiger charge is 2.23. The van der Waals surface area contributed by atoms with Crippen molar-refractivity contribution in [2.24, 2.45) is 4.99 Å². The Kier molecular flexibility index (Phi) is 3.31. The van der Waals surface area contributed by atoms with Gasteiger partial charge in [-0.15, -0.1) is 0 Å². The molecule has 0 amide bonds. The molecule has 4 nitrogen and oxygen atoms in total. The standard InChI is InChI=1S/C18H19N3O/c1-13-6-7-16-14(12-13)18(21-10-8-19-9-11-21)20-15-4-2-3-5-17(15)22-16/h2-7,12,19H,8-11H2,1H3. The van der Waals surface area contributed by atoms with Gasteiger partial charge in [0.1, 0.15) is 17.3 Å². The summed E-state index contributed by atoms with van der Waals surface area (Å²) in [7, 11) is 0. The van der Waals surface area contributed by atoms with Crippen molar-refractivity contribution in [1.82, 2.24) is 10.2 Å². The molecule has 0 saturated carbocycles. The quantitative estimate of drug-likeness (QED) is 0.811. The van der Waals surface area contributed by atoms with E-state index >= 15 is 0 Å². The summed E-state index contributed by atoms with van der Waals surface area (Å²) in [6.07, 6.45) is 0. The Bertz CT molecular complexity index is 733. The molecular formula is C18H19N3O. The topological polar surface area (TPSA) is 36.9 Å². The zero-order valence-electron chi connectivity index (χ0n) is 12.7. The summed E-state index contributed by atoms with van der Waals surface area (Å²) in [5.74, 6) is 2.72. The average Bonchev–Trinajstić information content (AvgIpc) is 2.72. The van der Waals surface area contributed by atoms with Gasteiger partial charge < -0.3 is 15.0 Å². The minimum Gasteiger partial charge on any atom is -0.454 e. The molecule has 4 rings (SSSR count). The number of nitrogens with one attached hydrogen (secondary N) is 1. The maximum atomic E-state index is 6.12. The monoisotopic (exact) mass is 293 g/mol. The molecule has 112 valence electrons. The molecule has 22 heavy (non-hydrogen) atoms. The van der Waals surface area contributed by atoms with Gasteiger partial charge in [-0.05, 0) is 31.2 Å². The van der Waals surface area contributed by atoms with Gasteiger partial charge in [0.25, 0.3) is 0 Å². The van der Waals surface area contributed by atoms with Crippen LogP contribution in [-0.2, 0) is 0 Å². The second kappa shape index (κ2) is 5.46. The van der Waals surface area contributed by atoms with Crippen LogP contribution in [0.4, 0.5) is 5.69 Å². The molecule has 0 unspecified atom stereocenters. The van der Waals surface area contributed by atoms with Gasteiger partial charge in [-0.1, -0.05) is 23.8 Å². The van der Waals surface area contributed by atoms with E-state index in [1.807, 2.05) is 30.3 Å². The molecule has 0 atom stereocenters. The van der Waals surface area contributed by atoms with Crippen LogP contribution in [0.2, 0.25) is 0 Å². The van der Waals surface area contributed by atoms with E-state index in [1.165, 1.54) is 5.56 Å². The summed E-state index contributed by atoms with van der Waals surface area (Å²) in [5.41, 5.74) is 3.19. The minimum atomic E-state index is 0.817. The van der Waals surface area contributed by atoms with Crippen molar-refractivity contribution in [1.29, 1.82) is 0 Å². The first-order chi connectivity index (χ1) is 10.8. The lowest BCUT2D eigenvalue weighted by Gasteiger charge is -2.30. The lowest BCUT2D eigenvalue weighted by Crippen LogP contribution is -2.46. The second-order valence-electron chi connectivity index (χ2n) is 5.74. The van der Waals surface area contributed by atoms with Crippen LogP contribution in [-0.4, -0.2) is 36.9 Å². The van der Waals surface area contributed by atoms with E-state index in [-0.39, 0.29) is 0 Å². The third-order valence-corrected chi connectivity index (χ3v) is 4.10. The zero-order chi connectivity index (χ0) is 14.9. The van der Waals surface area contributed by atoms with Crippen molar-refractivity contribution in [2.75, 3.05) is 26.2 Å². The first-order valence-electron chi connectivity index (χ1n) is 7.73. The molecule has 2 aromatic carbocycles. The van der Waals surface area contributed by atoms with Gasteiger partial charge in [0.2, 0.25) is 0 Å². The minimum absolute atomic E-state index is 0.817. The van der Waals surface area contributed by atoms with Gasteiger partial charge in [0, 0.05) is 26.2 Å². The molecule has 0 aromatic heterocycles. The normalized spacial score (nSPS) is 17.0. The molecule has 0 bridgehead atoms. The summed E-state index contributed by atoms with van der Waals surface area (Å²) >= 11 is 0. The lowest BCUT2D eigenvalue weighted by molar-refractivity contribution is 0.357. The summed E-state index contributed by atoms with van der Waals surface area (Å²) in [6, 6.07) is 14.3.